The molecular weight excluding hydrogens is 471 g/mol. The lowest BCUT2D eigenvalue weighted by molar-refractivity contribution is 0.597. The zero-order valence-electron chi connectivity index (χ0n) is 14.1. The number of hydrogen-bond donors (Lipinski definition) is 3. The summed E-state index contributed by atoms with van der Waals surface area (Å²) in [5, 5.41) is 15.8. The number of primary sulfonamides is 1. The van der Waals surface area contributed by atoms with E-state index in [0.717, 1.165) is 12.1 Å². The summed E-state index contributed by atoms with van der Waals surface area (Å²) in [6.07, 6.45) is 0. The molecule has 2 aromatic rings. The molecule has 0 fully saturated rings. The van der Waals surface area contributed by atoms with Gasteiger partial charge in [0.25, 0.3) is 0 Å². The van der Waals surface area contributed by atoms with E-state index in [1.54, 1.807) is 30.5 Å². The van der Waals surface area contributed by atoms with Crippen LogP contribution in [0.25, 0.3) is 0 Å². The van der Waals surface area contributed by atoms with Gasteiger partial charge in [0.05, 0.1) is 4.90 Å². The van der Waals surface area contributed by atoms with Gasteiger partial charge in [0.2, 0.25) is 10.0 Å². The van der Waals surface area contributed by atoms with Crippen LogP contribution in [-0.2, 0) is 16.6 Å². The summed E-state index contributed by atoms with van der Waals surface area (Å²) in [6, 6.07) is 8.59. The Morgan fingerprint density at radius 1 is 1.24 bits per heavy atom. The largest absolute Gasteiger partial charge is 0.356 e. The second kappa shape index (κ2) is 10.1. The quantitative estimate of drug-likeness (QED) is 0.327. The van der Waals surface area contributed by atoms with E-state index in [9.17, 15) is 8.42 Å². The fraction of sp³-hybridized carbons (Fsp3) is 0.312. The monoisotopic (exact) mass is 494 g/mol. The second-order valence-electron chi connectivity index (χ2n) is 5.45. The number of nitrogens with zero attached hydrogens (tertiary/aromatic N) is 1. The van der Waals surface area contributed by atoms with E-state index in [1.165, 1.54) is 17.7 Å². The minimum Gasteiger partial charge on any atom is -0.356 e. The van der Waals surface area contributed by atoms with Gasteiger partial charge >= 0.3 is 0 Å². The Morgan fingerprint density at radius 3 is 2.44 bits per heavy atom. The number of nitrogens with one attached hydrogen (secondary N) is 2. The molecule has 0 saturated heterocycles. The van der Waals surface area contributed by atoms with Crippen LogP contribution in [0, 0.1) is 0 Å². The van der Waals surface area contributed by atoms with Gasteiger partial charge in [-0.25, -0.2) is 13.6 Å². The number of benzene rings is 1. The fourth-order valence-corrected chi connectivity index (χ4v) is 3.42. The Balaban J connectivity index is 0.00000312. The molecule has 1 unspecified atom stereocenters. The van der Waals surface area contributed by atoms with Crippen molar-refractivity contribution in [3.63, 3.8) is 0 Å². The SMILES string of the molecule is CN=C(NCc1ccc(S(N)(=O)=O)cc1)NCC(C)c1ccsc1.I. The molecule has 1 atom stereocenters. The lowest BCUT2D eigenvalue weighted by atomic mass is 10.1. The van der Waals surface area contributed by atoms with Gasteiger partial charge in [-0.2, -0.15) is 11.3 Å². The fourth-order valence-electron chi connectivity index (χ4n) is 2.13. The first kappa shape index (κ1) is 21.9. The number of thiophene rings is 1. The molecule has 4 N–H and O–H groups in total. The highest BCUT2D eigenvalue weighted by atomic mass is 127. The Hall–Kier alpha value is -1.17. The lowest BCUT2D eigenvalue weighted by Gasteiger charge is -2.15. The first-order chi connectivity index (χ1) is 11.4. The summed E-state index contributed by atoms with van der Waals surface area (Å²) in [5.41, 5.74) is 2.25. The second-order valence-corrected chi connectivity index (χ2v) is 7.79. The Bertz CT molecular complexity index is 775. The van der Waals surface area contributed by atoms with Crippen molar-refractivity contribution in [3.05, 3.63) is 52.2 Å². The molecule has 138 valence electrons. The van der Waals surface area contributed by atoms with Gasteiger partial charge in [-0.15, -0.1) is 24.0 Å². The van der Waals surface area contributed by atoms with Gasteiger partial charge < -0.3 is 10.6 Å². The standard InChI is InChI=1S/C16H22N4O2S2.HI/c1-12(14-7-8-23-11-14)9-19-16(18-2)20-10-13-3-5-15(6-4-13)24(17,21)22;/h3-8,11-12H,9-10H2,1-2H3,(H2,17,21,22)(H2,18,19,20);1H. The molecule has 0 bridgehead atoms. The number of hydrogen-bond acceptors (Lipinski definition) is 4. The van der Waals surface area contributed by atoms with E-state index in [0.29, 0.717) is 18.4 Å². The van der Waals surface area contributed by atoms with Crippen LogP contribution in [0.1, 0.15) is 24.0 Å². The molecule has 2 rings (SSSR count). The van der Waals surface area contributed by atoms with Gasteiger partial charge in [0.15, 0.2) is 5.96 Å². The summed E-state index contributed by atoms with van der Waals surface area (Å²) >= 11 is 1.69. The summed E-state index contributed by atoms with van der Waals surface area (Å²) < 4.78 is 22.5. The molecule has 1 aromatic heterocycles. The third kappa shape index (κ3) is 6.92. The Morgan fingerprint density at radius 2 is 1.92 bits per heavy atom. The third-order valence-electron chi connectivity index (χ3n) is 3.62. The van der Waals surface area contributed by atoms with Gasteiger partial charge in [0, 0.05) is 20.1 Å². The van der Waals surface area contributed by atoms with Crippen LogP contribution >= 0.6 is 35.3 Å². The van der Waals surface area contributed by atoms with Crippen LogP contribution in [0.15, 0.2) is 51.0 Å². The van der Waals surface area contributed by atoms with Crippen molar-refractivity contribution >= 4 is 51.3 Å². The van der Waals surface area contributed by atoms with Crippen LogP contribution in [0.5, 0.6) is 0 Å². The normalized spacial score (nSPS) is 13.0. The van der Waals surface area contributed by atoms with Crippen molar-refractivity contribution in [1.82, 2.24) is 10.6 Å². The van der Waals surface area contributed by atoms with Crippen molar-refractivity contribution in [1.29, 1.82) is 0 Å². The average molecular weight is 494 g/mol. The zero-order chi connectivity index (χ0) is 17.6. The zero-order valence-corrected chi connectivity index (χ0v) is 18.1. The number of sulfonamides is 1. The highest BCUT2D eigenvalue weighted by molar-refractivity contribution is 14.0. The molecule has 0 radical (unpaired) electrons. The van der Waals surface area contributed by atoms with Gasteiger partial charge in [-0.3, -0.25) is 4.99 Å². The highest BCUT2D eigenvalue weighted by Crippen LogP contribution is 2.17. The van der Waals surface area contributed by atoms with Crippen LogP contribution < -0.4 is 15.8 Å². The predicted octanol–water partition coefficient (Wildman–Crippen LogP) is 2.48. The molecule has 6 nitrogen and oxygen atoms in total. The van der Waals surface area contributed by atoms with E-state index in [4.69, 9.17) is 5.14 Å². The van der Waals surface area contributed by atoms with Crippen molar-refractivity contribution in [2.75, 3.05) is 13.6 Å². The minimum absolute atomic E-state index is 0. The number of nitrogens with two attached hydrogens (primary N) is 1. The predicted molar refractivity (Wildman–Crippen MR) is 114 cm³/mol. The van der Waals surface area contributed by atoms with Crippen molar-refractivity contribution in [2.24, 2.45) is 10.1 Å². The average Bonchev–Trinajstić information content (AvgIpc) is 3.09. The summed E-state index contributed by atoms with van der Waals surface area (Å²) in [6.45, 7) is 3.48. The van der Waals surface area contributed by atoms with Crippen LogP contribution in [0.2, 0.25) is 0 Å². The smallest absolute Gasteiger partial charge is 0.238 e. The lowest BCUT2D eigenvalue weighted by Crippen LogP contribution is -2.38. The number of guanidine groups is 1. The van der Waals surface area contributed by atoms with E-state index >= 15 is 0 Å². The first-order valence-electron chi connectivity index (χ1n) is 7.48. The Kier molecular flexibility index (Phi) is 8.83. The summed E-state index contributed by atoms with van der Waals surface area (Å²) in [5.74, 6) is 1.09. The number of rotatable bonds is 6. The van der Waals surface area contributed by atoms with Crippen LogP contribution in [0.4, 0.5) is 0 Å². The van der Waals surface area contributed by atoms with E-state index < -0.39 is 10.0 Å². The maximum atomic E-state index is 11.2. The highest BCUT2D eigenvalue weighted by Gasteiger charge is 2.08. The van der Waals surface area contributed by atoms with Gasteiger partial charge in [-0.05, 0) is 46.0 Å². The first-order valence-corrected chi connectivity index (χ1v) is 9.97. The third-order valence-corrected chi connectivity index (χ3v) is 5.25. The van der Waals surface area contributed by atoms with E-state index in [1.807, 2.05) is 0 Å². The molecule has 0 aliphatic heterocycles. The molecule has 0 spiro atoms. The van der Waals surface area contributed by atoms with Crippen LogP contribution in [-0.4, -0.2) is 28.0 Å². The van der Waals surface area contributed by atoms with Crippen molar-refractivity contribution in [2.45, 2.75) is 24.3 Å². The molecule has 0 saturated carbocycles. The number of aliphatic imine (C=N–C) groups is 1. The summed E-state index contributed by atoms with van der Waals surface area (Å²) in [7, 11) is -1.93. The number of halogens is 1. The molecular formula is C16H23IN4O2S2. The van der Waals surface area contributed by atoms with Crippen molar-refractivity contribution in [3.8, 4) is 0 Å². The maximum Gasteiger partial charge on any atom is 0.238 e. The van der Waals surface area contributed by atoms with Crippen LogP contribution in [0.3, 0.4) is 0 Å². The minimum atomic E-state index is -3.65. The molecule has 1 heterocycles. The topological polar surface area (TPSA) is 96.6 Å². The molecule has 25 heavy (non-hydrogen) atoms. The van der Waals surface area contributed by atoms with Crippen molar-refractivity contribution < 1.29 is 8.42 Å². The molecule has 0 aliphatic carbocycles. The molecule has 0 aliphatic rings. The van der Waals surface area contributed by atoms with E-state index in [-0.39, 0.29) is 28.9 Å². The Labute approximate surface area is 170 Å². The molecule has 1 aromatic carbocycles. The molecule has 0 amide bonds. The molecule has 9 heteroatoms. The maximum absolute atomic E-state index is 11.2. The van der Waals surface area contributed by atoms with E-state index in [2.05, 4.69) is 39.4 Å². The van der Waals surface area contributed by atoms with Gasteiger partial charge in [0.1, 0.15) is 0 Å². The summed E-state index contributed by atoms with van der Waals surface area (Å²) in [4.78, 5) is 4.30. The van der Waals surface area contributed by atoms with Gasteiger partial charge in [-0.1, -0.05) is 19.1 Å².